The highest BCUT2D eigenvalue weighted by Crippen LogP contribution is 2.35. The zero-order valence-electron chi connectivity index (χ0n) is 17.8. The van der Waals surface area contributed by atoms with E-state index in [1.807, 2.05) is 12.1 Å². The van der Waals surface area contributed by atoms with Crippen molar-refractivity contribution in [1.29, 1.82) is 5.41 Å². The van der Waals surface area contributed by atoms with E-state index in [4.69, 9.17) is 16.2 Å². The Morgan fingerprint density at radius 2 is 1.81 bits per heavy atom. The largest absolute Gasteiger partial charge is 0.481 e. The van der Waals surface area contributed by atoms with Crippen molar-refractivity contribution in [3.8, 4) is 0 Å². The maximum absolute atomic E-state index is 13.2. The summed E-state index contributed by atoms with van der Waals surface area (Å²) < 4.78 is 0. The SMILES string of the molecule is N=C(N)c1ccc(CNC(=O)[C@@H]2CCN2C(=O)[C@H](CCC(=O)O)C2CCCCC2)cc1. The van der Waals surface area contributed by atoms with E-state index >= 15 is 0 Å². The Morgan fingerprint density at radius 3 is 2.35 bits per heavy atom. The zero-order valence-corrected chi connectivity index (χ0v) is 17.8. The van der Waals surface area contributed by atoms with Crippen LogP contribution in [-0.2, 0) is 20.9 Å². The first-order chi connectivity index (χ1) is 14.9. The van der Waals surface area contributed by atoms with Gasteiger partial charge in [-0.2, -0.15) is 0 Å². The molecule has 8 nitrogen and oxygen atoms in total. The fourth-order valence-electron chi connectivity index (χ4n) is 4.62. The number of nitrogens with one attached hydrogen (secondary N) is 2. The fourth-order valence-corrected chi connectivity index (χ4v) is 4.62. The van der Waals surface area contributed by atoms with Crippen LogP contribution >= 0.6 is 0 Å². The molecule has 0 bridgehead atoms. The van der Waals surface area contributed by atoms with Crippen LogP contribution in [0.3, 0.4) is 0 Å². The predicted octanol–water partition coefficient (Wildman–Crippen LogP) is 2.25. The summed E-state index contributed by atoms with van der Waals surface area (Å²) in [5, 5.41) is 19.4. The van der Waals surface area contributed by atoms with Gasteiger partial charge in [-0.25, -0.2) is 0 Å². The number of nitrogens with two attached hydrogens (primary N) is 1. The Balaban J connectivity index is 1.58. The van der Waals surface area contributed by atoms with Crippen LogP contribution in [0.2, 0.25) is 0 Å². The van der Waals surface area contributed by atoms with Crippen LogP contribution in [0.4, 0.5) is 0 Å². The lowest BCUT2D eigenvalue weighted by atomic mass is 9.76. The number of amides is 2. The number of likely N-dealkylation sites (tertiary alicyclic amines) is 1. The predicted molar refractivity (Wildman–Crippen MR) is 116 cm³/mol. The van der Waals surface area contributed by atoms with E-state index in [1.54, 1.807) is 17.0 Å². The molecule has 31 heavy (non-hydrogen) atoms. The summed E-state index contributed by atoms with van der Waals surface area (Å²) in [5.41, 5.74) is 6.97. The summed E-state index contributed by atoms with van der Waals surface area (Å²) >= 11 is 0. The molecule has 0 radical (unpaired) electrons. The van der Waals surface area contributed by atoms with E-state index in [9.17, 15) is 14.4 Å². The van der Waals surface area contributed by atoms with Gasteiger partial charge in [0.05, 0.1) is 0 Å². The van der Waals surface area contributed by atoms with Crippen molar-refractivity contribution in [2.24, 2.45) is 17.6 Å². The van der Waals surface area contributed by atoms with Crippen molar-refractivity contribution in [2.75, 3.05) is 6.54 Å². The molecule has 2 amide bonds. The Kier molecular flexibility index (Phi) is 7.65. The van der Waals surface area contributed by atoms with Gasteiger partial charge in [0, 0.05) is 31.0 Å². The second-order valence-corrected chi connectivity index (χ2v) is 8.60. The third kappa shape index (κ3) is 5.83. The molecule has 3 rings (SSSR count). The summed E-state index contributed by atoms with van der Waals surface area (Å²) in [7, 11) is 0. The number of nitrogen functional groups attached to an aromatic ring is 1. The van der Waals surface area contributed by atoms with E-state index in [0.29, 0.717) is 31.5 Å². The summed E-state index contributed by atoms with van der Waals surface area (Å²) in [6, 6.07) is 6.61. The Labute approximate surface area is 182 Å². The number of amidine groups is 1. The molecule has 1 saturated heterocycles. The van der Waals surface area contributed by atoms with E-state index in [0.717, 1.165) is 31.2 Å². The number of hydrogen-bond acceptors (Lipinski definition) is 4. The summed E-state index contributed by atoms with van der Waals surface area (Å²) in [6.07, 6.45) is 6.17. The molecule has 1 heterocycles. The molecule has 2 atom stereocenters. The minimum absolute atomic E-state index is 0.00498. The molecule has 2 aliphatic rings. The van der Waals surface area contributed by atoms with Crippen molar-refractivity contribution in [3.63, 3.8) is 0 Å². The van der Waals surface area contributed by atoms with Gasteiger partial charge < -0.3 is 21.1 Å². The van der Waals surface area contributed by atoms with Crippen molar-refractivity contribution in [1.82, 2.24) is 10.2 Å². The Morgan fingerprint density at radius 1 is 1.13 bits per heavy atom. The topological polar surface area (TPSA) is 137 Å². The van der Waals surface area contributed by atoms with Gasteiger partial charge in [-0.15, -0.1) is 0 Å². The number of carboxylic acids is 1. The van der Waals surface area contributed by atoms with Crippen LogP contribution in [0.25, 0.3) is 0 Å². The summed E-state index contributed by atoms with van der Waals surface area (Å²) in [6.45, 7) is 0.876. The summed E-state index contributed by atoms with van der Waals surface area (Å²) in [5.74, 6) is -1.24. The highest BCUT2D eigenvalue weighted by Gasteiger charge is 2.42. The lowest BCUT2D eigenvalue weighted by Crippen LogP contribution is -2.60. The molecule has 0 unspecified atom stereocenters. The molecule has 1 aliphatic carbocycles. The molecule has 2 fully saturated rings. The fraction of sp³-hybridized carbons (Fsp3) is 0.565. The quantitative estimate of drug-likeness (QED) is 0.353. The minimum atomic E-state index is -0.887. The molecule has 8 heteroatoms. The number of hydrogen-bond donors (Lipinski definition) is 4. The first-order valence-electron chi connectivity index (χ1n) is 11.1. The molecule has 1 aliphatic heterocycles. The van der Waals surface area contributed by atoms with Crippen LogP contribution in [-0.4, -0.2) is 46.2 Å². The first-order valence-corrected chi connectivity index (χ1v) is 11.1. The van der Waals surface area contributed by atoms with Gasteiger partial charge in [0.25, 0.3) is 0 Å². The highest BCUT2D eigenvalue weighted by atomic mass is 16.4. The second kappa shape index (κ2) is 10.4. The number of nitrogens with zero attached hydrogens (tertiary/aromatic N) is 1. The monoisotopic (exact) mass is 428 g/mol. The molecule has 5 N–H and O–H groups in total. The van der Waals surface area contributed by atoms with Gasteiger partial charge in [-0.1, -0.05) is 43.5 Å². The molecule has 168 valence electrons. The van der Waals surface area contributed by atoms with E-state index in [1.165, 1.54) is 6.42 Å². The first kappa shape index (κ1) is 22.8. The smallest absolute Gasteiger partial charge is 0.303 e. The number of carbonyl (C=O) groups is 3. The van der Waals surface area contributed by atoms with Crippen molar-refractivity contribution < 1.29 is 19.5 Å². The third-order valence-electron chi connectivity index (χ3n) is 6.54. The molecular formula is C23H32N4O4. The minimum Gasteiger partial charge on any atom is -0.481 e. The summed E-state index contributed by atoms with van der Waals surface area (Å²) in [4.78, 5) is 38.7. The van der Waals surface area contributed by atoms with Crippen molar-refractivity contribution in [3.05, 3.63) is 35.4 Å². The average molecular weight is 429 g/mol. The molecule has 1 aromatic carbocycles. The maximum atomic E-state index is 13.2. The molecule has 1 saturated carbocycles. The number of carbonyl (C=O) groups excluding carboxylic acids is 2. The van der Waals surface area contributed by atoms with Gasteiger partial charge in [-0.05, 0) is 37.2 Å². The van der Waals surface area contributed by atoms with Crippen LogP contribution in [0.15, 0.2) is 24.3 Å². The molecule has 0 spiro atoms. The van der Waals surface area contributed by atoms with E-state index in [-0.39, 0.29) is 35.9 Å². The normalized spacial score (nSPS) is 19.9. The van der Waals surface area contributed by atoms with Crippen LogP contribution < -0.4 is 11.1 Å². The standard InChI is InChI=1S/C23H32N4O4/c24-21(25)17-8-6-15(7-9-17)14-26-22(30)19-12-13-27(19)23(31)18(10-11-20(28)29)16-4-2-1-3-5-16/h6-9,16,18-19H,1-5,10-14H2,(H3,24,25)(H,26,30)(H,28,29)/t18-,19+/m1/s1. The number of benzene rings is 1. The van der Waals surface area contributed by atoms with E-state index in [2.05, 4.69) is 5.32 Å². The molecular weight excluding hydrogens is 396 g/mol. The second-order valence-electron chi connectivity index (χ2n) is 8.60. The molecule has 1 aromatic rings. The van der Waals surface area contributed by atoms with E-state index < -0.39 is 12.0 Å². The lowest BCUT2D eigenvalue weighted by molar-refractivity contribution is -0.153. The van der Waals surface area contributed by atoms with Gasteiger partial charge in [0.1, 0.15) is 11.9 Å². The lowest BCUT2D eigenvalue weighted by Gasteiger charge is -2.43. The number of rotatable bonds is 9. The van der Waals surface area contributed by atoms with Crippen LogP contribution in [0.1, 0.15) is 62.5 Å². The zero-order chi connectivity index (χ0) is 22.4. The van der Waals surface area contributed by atoms with Crippen LogP contribution in [0.5, 0.6) is 0 Å². The Hall–Kier alpha value is -2.90. The van der Waals surface area contributed by atoms with Crippen molar-refractivity contribution >= 4 is 23.6 Å². The average Bonchev–Trinajstić information content (AvgIpc) is 2.72. The Bertz CT molecular complexity index is 817. The molecule has 0 aromatic heterocycles. The third-order valence-corrected chi connectivity index (χ3v) is 6.54. The van der Waals surface area contributed by atoms with Gasteiger partial charge >= 0.3 is 5.97 Å². The van der Waals surface area contributed by atoms with Gasteiger partial charge in [0.15, 0.2) is 0 Å². The number of aliphatic carboxylic acids is 1. The van der Waals surface area contributed by atoms with Gasteiger partial charge in [0.2, 0.25) is 11.8 Å². The highest BCUT2D eigenvalue weighted by molar-refractivity contribution is 5.95. The maximum Gasteiger partial charge on any atom is 0.303 e. The van der Waals surface area contributed by atoms with Gasteiger partial charge in [-0.3, -0.25) is 19.8 Å². The van der Waals surface area contributed by atoms with Crippen LogP contribution in [0, 0.1) is 17.2 Å². The number of carboxylic acid groups (broad SMARTS) is 1. The van der Waals surface area contributed by atoms with Crippen molar-refractivity contribution in [2.45, 2.75) is 64.0 Å².